The van der Waals surface area contributed by atoms with E-state index < -0.39 is 0 Å². The predicted molar refractivity (Wildman–Crippen MR) is 71.9 cm³/mol. The third-order valence-corrected chi connectivity index (χ3v) is 3.80. The summed E-state index contributed by atoms with van der Waals surface area (Å²) in [5.41, 5.74) is 3.99. The molecule has 0 aromatic heterocycles. The van der Waals surface area contributed by atoms with Gasteiger partial charge in [-0.05, 0) is 12.8 Å². The van der Waals surface area contributed by atoms with E-state index in [-0.39, 0.29) is 22.3 Å². The van der Waals surface area contributed by atoms with Crippen LogP contribution >= 0.6 is 11.6 Å². The number of hydrogen-bond acceptors (Lipinski definition) is 4. The molecule has 0 atom stereocenters. The molecule has 1 saturated heterocycles. The van der Waals surface area contributed by atoms with Crippen LogP contribution in [0.25, 0.3) is 0 Å². The van der Waals surface area contributed by atoms with Crippen molar-refractivity contribution < 1.29 is 9.59 Å². The topological polar surface area (TPSA) is 49.4 Å². The highest BCUT2D eigenvalue weighted by molar-refractivity contribution is 6.49. The molecule has 0 radical (unpaired) electrons. The third kappa shape index (κ3) is 2.07. The zero-order chi connectivity index (χ0) is 13.4. The van der Waals surface area contributed by atoms with E-state index in [1.165, 1.54) is 0 Å². The molecule has 2 aliphatic rings. The van der Waals surface area contributed by atoms with Gasteiger partial charge in [-0.3, -0.25) is 9.59 Å². The molecule has 1 aliphatic carbocycles. The van der Waals surface area contributed by atoms with Crippen molar-refractivity contribution in [2.75, 3.05) is 13.1 Å². The molecule has 1 N–H and O–H groups in total. The first-order valence-electron chi connectivity index (χ1n) is 6.28. The highest BCUT2D eigenvalue weighted by atomic mass is 35.5. The summed E-state index contributed by atoms with van der Waals surface area (Å²) < 4.78 is 0. The summed E-state index contributed by atoms with van der Waals surface area (Å²) in [7, 11) is 0. The Labute approximate surface area is 116 Å². The molecule has 0 spiro atoms. The largest absolute Gasteiger partial charge is 0.314 e. The molecule has 1 aliphatic heterocycles. The predicted octanol–water partition coefficient (Wildman–Crippen LogP) is 2.12. The van der Waals surface area contributed by atoms with Gasteiger partial charge >= 0.3 is 0 Å². The van der Waals surface area contributed by atoms with Crippen molar-refractivity contribution >= 4 is 23.2 Å². The van der Waals surface area contributed by atoms with Crippen LogP contribution in [0.5, 0.6) is 0 Å². The number of hydrogen-bond donors (Lipinski definition) is 1. The maximum Gasteiger partial charge on any atom is 0.212 e. The number of carbonyl (C=O) groups is 2. The molecule has 0 amide bonds. The van der Waals surface area contributed by atoms with Crippen molar-refractivity contribution in [3.8, 4) is 0 Å². The van der Waals surface area contributed by atoms with Crippen LogP contribution in [-0.2, 0) is 0 Å². The molecule has 3 rings (SSSR count). The van der Waals surface area contributed by atoms with Crippen LogP contribution in [-0.4, -0.2) is 29.7 Å². The van der Waals surface area contributed by atoms with Crippen LogP contribution in [0.3, 0.4) is 0 Å². The Hall–Kier alpha value is -1.65. The van der Waals surface area contributed by atoms with Gasteiger partial charge in [-0.25, -0.2) is 5.01 Å². The summed E-state index contributed by atoms with van der Waals surface area (Å²) in [6, 6.07) is 6.76. The van der Waals surface area contributed by atoms with E-state index in [1.807, 2.05) is 5.01 Å². The molecule has 0 unspecified atom stereocenters. The van der Waals surface area contributed by atoms with Gasteiger partial charge in [0, 0.05) is 24.2 Å². The second-order valence-corrected chi connectivity index (χ2v) is 5.08. The van der Waals surface area contributed by atoms with Gasteiger partial charge in [0.05, 0.1) is 0 Å². The first-order chi connectivity index (χ1) is 9.18. The van der Waals surface area contributed by atoms with Gasteiger partial charge in [-0.15, -0.1) is 0 Å². The molecule has 5 heteroatoms. The summed E-state index contributed by atoms with van der Waals surface area (Å²) in [6.45, 7) is 1.72. The maximum absolute atomic E-state index is 12.4. The summed E-state index contributed by atoms with van der Waals surface area (Å²) >= 11 is 6.05. The number of rotatable bonds is 2. The third-order valence-electron chi connectivity index (χ3n) is 3.44. The SMILES string of the molecule is O=C1C(Cl)=C(NN2CCCC2)C(=O)c2ccccc21. The fourth-order valence-corrected chi connectivity index (χ4v) is 2.66. The molecule has 4 nitrogen and oxygen atoms in total. The first-order valence-corrected chi connectivity index (χ1v) is 6.66. The van der Waals surface area contributed by atoms with E-state index in [0.29, 0.717) is 11.1 Å². The van der Waals surface area contributed by atoms with Crippen LogP contribution in [0, 0.1) is 0 Å². The highest BCUT2D eigenvalue weighted by Crippen LogP contribution is 2.27. The lowest BCUT2D eigenvalue weighted by molar-refractivity contribution is 0.0957. The Morgan fingerprint density at radius 3 is 2.21 bits per heavy atom. The number of fused-ring (bicyclic) bond motifs is 1. The smallest absolute Gasteiger partial charge is 0.212 e. The van der Waals surface area contributed by atoms with Crippen molar-refractivity contribution in [2.24, 2.45) is 0 Å². The van der Waals surface area contributed by atoms with Gasteiger partial charge in [0.1, 0.15) is 10.7 Å². The Kier molecular flexibility index (Phi) is 3.12. The number of hydrazine groups is 1. The Morgan fingerprint density at radius 2 is 1.58 bits per heavy atom. The minimum atomic E-state index is -0.293. The second kappa shape index (κ2) is 4.79. The lowest BCUT2D eigenvalue weighted by atomic mass is 9.93. The van der Waals surface area contributed by atoms with Crippen molar-refractivity contribution in [1.82, 2.24) is 10.4 Å². The van der Waals surface area contributed by atoms with E-state index in [4.69, 9.17) is 11.6 Å². The standard InChI is InChI=1S/C14H13ClN2O2/c15-11-12(16-17-7-3-4-8-17)14(19)10-6-2-1-5-9(10)13(11)18/h1-2,5-6,16H,3-4,7-8H2. The fourth-order valence-electron chi connectivity index (χ4n) is 2.43. The van der Waals surface area contributed by atoms with E-state index in [9.17, 15) is 9.59 Å². The van der Waals surface area contributed by atoms with Crippen molar-refractivity contribution in [3.05, 3.63) is 46.1 Å². The van der Waals surface area contributed by atoms with Crippen LogP contribution in [0.2, 0.25) is 0 Å². The fraction of sp³-hybridized carbons (Fsp3) is 0.286. The number of benzene rings is 1. The number of allylic oxidation sites excluding steroid dienone is 2. The van der Waals surface area contributed by atoms with E-state index in [2.05, 4.69) is 5.43 Å². The number of ketones is 2. The molecule has 1 heterocycles. The summed E-state index contributed by atoms with van der Waals surface area (Å²) in [4.78, 5) is 24.5. The number of carbonyl (C=O) groups excluding carboxylic acids is 2. The quantitative estimate of drug-likeness (QED) is 0.899. The van der Waals surface area contributed by atoms with E-state index in [1.54, 1.807) is 24.3 Å². The molecular formula is C14H13ClN2O2. The van der Waals surface area contributed by atoms with E-state index >= 15 is 0 Å². The molecule has 19 heavy (non-hydrogen) atoms. The lowest BCUT2D eigenvalue weighted by Gasteiger charge is -2.23. The second-order valence-electron chi connectivity index (χ2n) is 4.70. The van der Waals surface area contributed by atoms with Crippen molar-refractivity contribution in [2.45, 2.75) is 12.8 Å². The van der Waals surface area contributed by atoms with Gasteiger partial charge in [-0.2, -0.15) is 0 Å². The van der Waals surface area contributed by atoms with Gasteiger partial charge in [0.2, 0.25) is 11.6 Å². The maximum atomic E-state index is 12.4. The normalized spacial score (nSPS) is 19.8. The van der Waals surface area contributed by atoms with Crippen LogP contribution in [0.1, 0.15) is 33.6 Å². The molecule has 0 bridgehead atoms. The lowest BCUT2D eigenvalue weighted by Crippen LogP contribution is -2.40. The highest BCUT2D eigenvalue weighted by Gasteiger charge is 2.32. The van der Waals surface area contributed by atoms with Crippen molar-refractivity contribution in [1.29, 1.82) is 0 Å². The molecule has 0 saturated carbocycles. The molecule has 1 aromatic rings. The van der Waals surface area contributed by atoms with Crippen LogP contribution in [0.4, 0.5) is 0 Å². The first kappa shape index (κ1) is 12.4. The summed E-state index contributed by atoms with van der Waals surface area (Å²) in [5.74, 6) is -0.509. The average Bonchev–Trinajstić information content (AvgIpc) is 2.94. The Balaban J connectivity index is 1.98. The minimum absolute atomic E-state index is 0.0180. The van der Waals surface area contributed by atoms with Gasteiger partial charge < -0.3 is 5.43 Å². The number of Topliss-reactive ketones (excluding diaryl/α,β-unsaturated/α-hetero) is 2. The van der Waals surface area contributed by atoms with Gasteiger partial charge in [0.15, 0.2) is 0 Å². The van der Waals surface area contributed by atoms with Crippen LogP contribution in [0.15, 0.2) is 35.0 Å². The molecule has 1 aromatic carbocycles. The van der Waals surface area contributed by atoms with Crippen molar-refractivity contribution in [3.63, 3.8) is 0 Å². The van der Waals surface area contributed by atoms with E-state index in [0.717, 1.165) is 25.9 Å². The molecular weight excluding hydrogens is 264 g/mol. The number of nitrogens with zero attached hydrogens (tertiary/aromatic N) is 1. The average molecular weight is 277 g/mol. The molecule has 1 fully saturated rings. The van der Waals surface area contributed by atoms with Gasteiger partial charge in [-0.1, -0.05) is 35.9 Å². The summed E-state index contributed by atoms with van der Waals surface area (Å²) in [5, 5.41) is 1.91. The van der Waals surface area contributed by atoms with Crippen LogP contribution < -0.4 is 5.43 Å². The monoisotopic (exact) mass is 276 g/mol. The van der Waals surface area contributed by atoms with Gasteiger partial charge in [0.25, 0.3) is 0 Å². The Morgan fingerprint density at radius 1 is 1.00 bits per heavy atom. The number of nitrogens with one attached hydrogen (secondary N) is 1. The molecule has 98 valence electrons. The zero-order valence-electron chi connectivity index (χ0n) is 10.3. The number of halogens is 1. The zero-order valence-corrected chi connectivity index (χ0v) is 11.0. The minimum Gasteiger partial charge on any atom is -0.314 e. The Bertz CT molecular complexity index is 589. The summed E-state index contributed by atoms with van der Waals surface area (Å²) in [6.07, 6.45) is 2.16.